The number of rotatable bonds is 3. The van der Waals surface area contributed by atoms with Crippen LogP contribution in [0.1, 0.15) is 5.56 Å². The zero-order chi connectivity index (χ0) is 15.8. The molecule has 0 fully saturated rings. The predicted octanol–water partition coefficient (Wildman–Crippen LogP) is 4.28. The number of nitrogens with one attached hydrogen (secondary N) is 1. The van der Waals surface area contributed by atoms with E-state index in [2.05, 4.69) is 15.3 Å². The van der Waals surface area contributed by atoms with Gasteiger partial charge in [0.05, 0.1) is 5.52 Å². The fraction of sp³-hybridized carbons (Fsp3) is 0.125. The van der Waals surface area contributed by atoms with E-state index in [-0.39, 0.29) is 12.1 Å². The molecule has 1 aromatic heterocycles. The van der Waals surface area contributed by atoms with Gasteiger partial charge in [0.2, 0.25) is 12.1 Å². The van der Waals surface area contributed by atoms with E-state index in [0.29, 0.717) is 17.4 Å². The van der Waals surface area contributed by atoms with E-state index in [0.717, 1.165) is 28.0 Å². The highest BCUT2D eigenvalue weighted by Crippen LogP contribution is 2.33. The average molecular weight is 348 g/mol. The van der Waals surface area contributed by atoms with Crippen molar-refractivity contribution in [3.05, 3.63) is 52.3 Å². The molecule has 0 bridgehead atoms. The van der Waals surface area contributed by atoms with Gasteiger partial charge in [0.25, 0.3) is 0 Å². The number of nitrogens with zero attached hydrogens (tertiary/aromatic N) is 2. The van der Waals surface area contributed by atoms with Crippen LogP contribution in [0.5, 0.6) is 11.5 Å². The highest BCUT2D eigenvalue weighted by Gasteiger charge is 2.13. The van der Waals surface area contributed by atoms with Crippen molar-refractivity contribution in [2.45, 2.75) is 6.54 Å². The van der Waals surface area contributed by atoms with Crippen LogP contribution in [0, 0.1) is 0 Å². The fourth-order valence-electron chi connectivity index (χ4n) is 2.44. The Bertz CT molecular complexity index is 902. The Morgan fingerprint density at radius 3 is 2.78 bits per heavy atom. The molecule has 23 heavy (non-hydrogen) atoms. The lowest BCUT2D eigenvalue weighted by atomic mass is 10.2. The van der Waals surface area contributed by atoms with E-state index in [4.69, 9.17) is 32.7 Å². The Morgan fingerprint density at radius 2 is 1.87 bits per heavy atom. The van der Waals surface area contributed by atoms with Crippen LogP contribution in [0.3, 0.4) is 0 Å². The molecule has 0 spiro atoms. The van der Waals surface area contributed by atoms with Crippen molar-refractivity contribution >= 4 is 39.9 Å². The first-order valence-corrected chi connectivity index (χ1v) is 7.70. The smallest absolute Gasteiger partial charge is 0.231 e. The summed E-state index contributed by atoms with van der Waals surface area (Å²) in [5.74, 6) is 2.15. The normalized spacial score (nSPS) is 12.6. The van der Waals surface area contributed by atoms with Gasteiger partial charge in [-0.1, -0.05) is 17.7 Å². The van der Waals surface area contributed by atoms with Gasteiger partial charge in [0.15, 0.2) is 11.5 Å². The standard InChI is InChI=1S/C16H11Cl2N3O2/c17-10-2-3-12-11(6-10)15(21-16(18)20-12)19-7-9-1-4-13-14(5-9)23-8-22-13/h1-6H,7-8H2,(H,19,20,21). The van der Waals surface area contributed by atoms with Gasteiger partial charge in [0.1, 0.15) is 5.82 Å². The van der Waals surface area contributed by atoms with Gasteiger partial charge in [-0.05, 0) is 47.5 Å². The van der Waals surface area contributed by atoms with Crippen LogP contribution < -0.4 is 14.8 Å². The lowest BCUT2D eigenvalue weighted by Crippen LogP contribution is -2.03. The number of hydrogen-bond acceptors (Lipinski definition) is 5. The number of fused-ring (bicyclic) bond motifs is 2. The number of halogens is 2. The van der Waals surface area contributed by atoms with Crippen LogP contribution in [0.2, 0.25) is 10.3 Å². The Balaban J connectivity index is 1.63. The van der Waals surface area contributed by atoms with E-state index in [1.165, 1.54) is 0 Å². The van der Waals surface area contributed by atoms with Crippen molar-refractivity contribution in [3.8, 4) is 11.5 Å². The van der Waals surface area contributed by atoms with Gasteiger partial charge in [-0.2, -0.15) is 0 Å². The number of ether oxygens (including phenoxy) is 2. The molecule has 2 aromatic carbocycles. The molecular formula is C16H11Cl2N3O2. The number of aromatic nitrogens is 2. The molecule has 2 heterocycles. The van der Waals surface area contributed by atoms with E-state index >= 15 is 0 Å². The van der Waals surface area contributed by atoms with Gasteiger partial charge in [-0.15, -0.1) is 0 Å². The summed E-state index contributed by atoms with van der Waals surface area (Å²) in [5, 5.41) is 4.90. The molecule has 0 amide bonds. The summed E-state index contributed by atoms with van der Waals surface area (Å²) in [6, 6.07) is 11.2. The second-order valence-corrected chi connectivity index (χ2v) is 5.82. The molecule has 0 radical (unpaired) electrons. The Labute approximate surface area is 142 Å². The fourth-order valence-corrected chi connectivity index (χ4v) is 2.79. The van der Waals surface area contributed by atoms with Crippen molar-refractivity contribution in [1.29, 1.82) is 0 Å². The largest absolute Gasteiger partial charge is 0.454 e. The van der Waals surface area contributed by atoms with E-state index in [9.17, 15) is 0 Å². The molecule has 0 aliphatic carbocycles. The number of benzene rings is 2. The van der Waals surface area contributed by atoms with Crippen LogP contribution in [0.25, 0.3) is 10.9 Å². The van der Waals surface area contributed by atoms with E-state index in [1.807, 2.05) is 30.3 Å². The van der Waals surface area contributed by atoms with Crippen LogP contribution >= 0.6 is 23.2 Å². The topological polar surface area (TPSA) is 56.3 Å². The van der Waals surface area contributed by atoms with Crippen LogP contribution in [0.15, 0.2) is 36.4 Å². The summed E-state index contributed by atoms with van der Waals surface area (Å²) in [4.78, 5) is 8.46. The summed E-state index contributed by atoms with van der Waals surface area (Å²) < 4.78 is 10.7. The molecule has 0 saturated carbocycles. The van der Waals surface area contributed by atoms with Crippen LogP contribution in [-0.4, -0.2) is 16.8 Å². The lowest BCUT2D eigenvalue weighted by Gasteiger charge is -2.10. The maximum absolute atomic E-state index is 6.06. The van der Waals surface area contributed by atoms with Crippen LogP contribution in [0.4, 0.5) is 5.82 Å². The van der Waals surface area contributed by atoms with Crippen molar-refractivity contribution in [2.24, 2.45) is 0 Å². The van der Waals surface area contributed by atoms with Crippen molar-refractivity contribution in [3.63, 3.8) is 0 Å². The summed E-state index contributed by atoms with van der Waals surface area (Å²) in [6.07, 6.45) is 0. The zero-order valence-electron chi connectivity index (χ0n) is 11.8. The van der Waals surface area contributed by atoms with Crippen molar-refractivity contribution < 1.29 is 9.47 Å². The highest BCUT2D eigenvalue weighted by atomic mass is 35.5. The third kappa shape index (κ3) is 2.85. The predicted molar refractivity (Wildman–Crippen MR) is 89.4 cm³/mol. The van der Waals surface area contributed by atoms with Crippen molar-refractivity contribution in [2.75, 3.05) is 12.1 Å². The highest BCUT2D eigenvalue weighted by molar-refractivity contribution is 6.31. The van der Waals surface area contributed by atoms with Crippen molar-refractivity contribution in [1.82, 2.24) is 9.97 Å². The SMILES string of the molecule is Clc1ccc2nc(Cl)nc(NCc3ccc4c(c3)OCO4)c2c1. The number of anilines is 1. The first-order chi connectivity index (χ1) is 11.2. The molecule has 4 rings (SSSR count). The third-order valence-corrected chi connectivity index (χ3v) is 3.93. The second-order valence-electron chi connectivity index (χ2n) is 5.04. The minimum absolute atomic E-state index is 0.188. The molecule has 0 unspecified atom stereocenters. The maximum Gasteiger partial charge on any atom is 0.231 e. The molecule has 0 atom stereocenters. The third-order valence-electron chi connectivity index (χ3n) is 3.53. The summed E-state index contributed by atoms with van der Waals surface area (Å²) >= 11 is 12.1. The van der Waals surface area contributed by atoms with Gasteiger partial charge in [-0.25, -0.2) is 9.97 Å². The average Bonchev–Trinajstić information content (AvgIpc) is 3.00. The first kappa shape index (κ1) is 14.4. The summed E-state index contributed by atoms with van der Waals surface area (Å²) in [6.45, 7) is 0.822. The Hall–Kier alpha value is -2.24. The Kier molecular flexibility index (Phi) is 3.59. The van der Waals surface area contributed by atoms with Gasteiger partial charge in [-0.3, -0.25) is 0 Å². The minimum atomic E-state index is 0.188. The molecule has 1 aliphatic heterocycles. The number of hydrogen-bond donors (Lipinski definition) is 1. The quantitative estimate of drug-likeness (QED) is 0.716. The molecule has 3 aromatic rings. The summed E-state index contributed by atoms with van der Waals surface area (Å²) in [7, 11) is 0. The molecule has 1 aliphatic rings. The molecule has 1 N–H and O–H groups in total. The first-order valence-electron chi connectivity index (χ1n) is 6.94. The van der Waals surface area contributed by atoms with E-state index in [1.54, 1.807) is 6.07 Å². The lowest BCUT2D eigenvalue weighted by molar-refractivity contribution is 0.174. The maximum atomic E-state index is 6.06. The van der Waals surface area contributed by atoms with Gasteiger partial charge >= 0.3 is 0 Å². The van der Waals surface area contributed by atoms with E-state index < -0.39 is 0 Å². The Morgan fingerprint density at radius 1 is 1.00 bits per heavy atom. The zero-order valence-corrected chi connectivity index (χ0v) is 13.4. The van der Waals surface area contributed by atoms with Gasteiger partial charge in [0, 0.05) is 17.0 Å². The molecule has 0 saturated heterocycles. The van der Waals surface area contributed by atoms with Gasteiger partial charge < -0.3 is 14.8 Å². The molecule has 116 valence electrons. The monoisotopic (exact) mass is 347 g/mol. The minimum Gasteiger partial charge on any atom is -0.454 e. The molecule has 5 nitrogen and oxygen atoms in total. The molecular weight excluding hydrogens is 337 g/mol. The van der Waals surface area contributed by atoms with Crippen LogP contribution in [-0.2, 0) is 6.54 Å². The second kappa shape index (κ2) is 5.76. The summed E-state index contributed by atoms with van der Waals surface area (Å²) in [5.41, 5.74) is 1.78. The molecule has 7 heteroatoms.